The van der Waals surface area contributed by atoms with Crippen LogP contribution in [0.1, 0.15) is 20.8 Å². The van der Waals surface area contributed by atoms with E-state index in [1.165, 1.54) is 10.8 Å². The summed E-state index contributed by atoms with van der Waals surface area (Å²) in [5, 5.41) is 4.60. The molecule has 0 radical (unpaired) electrons. The number of furan rings is 1. The lowest BCUT2D eigenvalue weighted by atomic mass is 9.99. The lowest BCUT2D eigenvalue weighted by Gasteiger charge is -2.06. The van der Waals surface area contributed by atoms with E-state index in [4.69, 9.17) is 7.16 Å². The Morgan fingerprint density at radius 1 is 0.926 bits per heavy atom. The molecule has 0 atom stereocenters. The molecule has 132 valence electrons. The minimum atomic E-state index is -1.39. The molecule has 0 saturated heterocycles. The van der Waals surface area contributed by atoms with Crippen LogP contribution < -0.4 is 4.57 Å². The fourth-order valence-corrected chi connectivity index (χ4v) is 3.88. The molecule has 0 unspecified atom stereocenters. The van der Waals surface area contributed by atoms with Gasteiger partial charge in [-0.05, 0) is 59.5 Å². The van der Waals surface area contributed by atoms with Crippen LogP contribution in [0.25, 0.3) is 44.0 Å². The SMILES string of the molecule is [2H]C([2H])(C)c1cc[n+](C)c(-c2cc3oc4cc5ccccc5cc4c3cc2C)c1. The van der Waals surface area contributed by atoms with Crippen LogP contribution in [0.4, 0.5) is 0 Å². The van der Waals surface area contributed by atoms with E-state index < -0.39 is 6.37 Å². The summed E-state index contributed by atoms with van der Waals surface area (Å²) in [4.78, 5) is 0. The first-order valence-corrected chi connectivity index (χ1v) is 9.17. The third kappa shape index (κ3) is 2.52. The second-order valence-electron chi connectivity index (χ2n) is 7.12. The molecule has 0 aliphatic rings. The van der Waals surface area contributed by atoms with Crippen LogP contribution in [0.2, 0.25) is 0 Å². The molecule has 0 aliphatic carbocycles. The van der Waals surface area contributed by atoms with Crippen molar-refractivity contribution in [2.24, 2.45) is 7.05 Å². The molecule has 2 aromatic heterocycles. The van der Waals surface area contributed by atoms with Gasteiger partial charge in [-0.2, -0.15) is 0 Å². The third-order valence-corrected chi connectivity index (χ3v) is 5.40. The molecule has 2 nitrogen and oxygen atoms in total. The summed E-state index contributed by atoms with van der Waals surface area (Å²) in [5.41, 5.74) is 5.56. The van der Waals surface area contributed by atoms with Gasteiger partial charge in [0.2, 0.25) is 5.69 Å². The Hall–Kier alpha value is -3.13. The minimum Gasteiger partial charge on any atom is -0.456 e. The third-order valence-electron chi connectivity index (χ3n) is 5.40. The highest BCUT2D eigenvalue weighted by Crippen LogP contribution is 2.35. The largest absolute Gasteiger partial charge is 0.456 e. The van der Waals surface area contributed by atoms with Gasteiger partial charge in [-0.3, -0.25) is 0 Å². The molecule has 2 heterocycles. The Kier molecular flexibility index (Phi) is 3.08. The molecular formula is C25H22NO+. The number of rotatable bonds is 2. The predicted molar refractivity (Wildman–Crippen MR) is 112 cm³/mol. The van der Waals surface area contributed by atoms with E-state index in [1.54, 1.807) is 6.92 Å². The molecule has 3 aromatic carbocycles. The minimum absolute atomic E-state index is 0.668. The lowest BCUT2D eigenvalue weighted by molar-refractivity contribution is -0.660. The van der Waals surface area contributed by atoms with Gasteiger partial charge in [0.05, 0.1) is 5.56 Å². The van der Waals surface area contributed by atoms with E-state index in [9.17, 15) is 0 Å². The molecule has 0 saturated carbocycles. The molecule has 2 heteroatoms. The maximum absolute atomic E-state index is 8.07. The van der Waals surface area contributed by atoms with E-state index in [0.717, 1.165) is 38.8 Å². The first kappa shape index (κ1) is 14.0. The number of nitrogens with zero attached hydrogens (tertiary/aromatic N) is 1. The van der Waals surface area contributed by atoms with Crippen LogP contribution >= 0.6 is 0 Å². The number of aromatic nitrogens is 1. The summed E-state index contributed by atoms with van der Waals surface area (Å²) >= 11 is 0. The Labute approximate surface area is 161 Å². The van der Waals surface area contributed by atoms with Gasteiger partial charge in [0, 0.05) is 25.6 Å². The zero-order valence-corrected chi connectivity index (χ0v) is 15.7. The molecule has 5 aromatic rings. The highest BCUT2D eigenvalue weighted by atomic mass is 16.3. The number of benzene rings is 3. The zero-order valence-electron chi connectivity index (χ0n) is 17.7. The molecule has 5 rings (SSSR count). The van der Waals surface area contributed by atoms with Gasteiger partial charge in [-0.25, -0.2) is 4.57 Å². The second kappa shape index (κ2) is 5.95. The van der Waals surface area contributed by atoms with Gasteiger partial charge in [-0.15, -0.1) is 0 Å². The van der Waals surface area contributed by atoms with E-state index in [0.29, 0.717) is 5.56 Å². The summed E-state index contributed by atoms with van der Waals surface area (Å²) in [6.45, 7) is 3.69. The highest BCUT2D eigenvalue weighted by Gasteiger charge is 2.17. The fraction of sp³-hybridized carbons (Fsp3) is 0.160. The maximum Gasteiger partial charge on any atom is 0.212 e. The van der Waals surface area contributed by atoms with Crippen LogP contribution in [-0.4, -0.2) is 0 Å². The van der Waals surface area contributed by atoms with E-state index in [1.807, 2.05) is 36.0 Å². The van der Waals surface area contributed by atoms with Crippen molar-refractivity contribution in [1.29, 1.82) is 0 Å². The van der Waals surface area contributed by atoms with Crippen LogP contribution in [-0.2, 0) is 13.4 Å². The van der Waals surface area contributed by atoms with Crippen molar-refractivity contribution in [1.82, 2.24) is 0 Å². The van der Waals surface area contributed by atoms with Crippen molar-refractivity contribution in [3.63, 3.8) is 0 Å². The number of hydrogen-bond donors (Lipinski definition) is 0. The Balaban J connectivity index is 1.77. The number of aryl methyl sites for hydroxylation is 3. The normalized spacial score (nSPS) is 13.3. The average molecular weight is 354 g/mol. The Bertz CT molecular complexity index is 1410. The van der Waals surface area contributed by atoms with E-state index in [2.05, 4.69) is 49.4 Å². The van der Waals surface area contributed by atoms with Gasteiger partial charge >= 0.3 is 0 Å². The van der Waals surface area contributed by atoms with Crippen LogP contribution in [0.3, 0.4) is 0 Å². The van der Waals surface area contributed by atoms with Gasteiger partial charge < -0.3 is 4.42 Å². The quantitative estimate of drug-likeness (QED) is 0.350. The monoisotopic (exact) mass is 354 g/mol. The molecule has 0 amide bonds. The predicted octanol–water partition coefficient (Wildman–Crippen LogP) is 6.10. The van der Waals surface area contributed by atoms with Crippen LogP contribution in [0.5, 0.6) is 0 Å². The number of pyridine rings is 1. The first-order valence-electron chi connectivity index (χ1n) is 10.2. The second-order valence-corrected chi connectivity index (χ2v) is 7.12. The van der Waals surface area contributed by atoms with Crippen LogP contribution in [0, 0.1) is 6.92 Å². The van der Waals surface area contributed by atoms with Crippen molar-refractivity contribution in [3.05, 3.63) is 78.0 Å². The lowest BCUT2D eigenvalue weighted by Crippen LogP contribution is -2.30. The number of hydrogen-bond acceptors (Lipinski definition) is 1. The molecule has 0 aliphatic heterocycles. The summed E-state index contributed by atoms with van der Waals surface area (Å²) in [6.07, 6.45) is 0.529. The molecule has 0 fully saturated rings. The van der Waals surface area contributed by atoms with E-state index in [-0.39, 0.29) is 0 Å². The summed E-state index contributed by atoms with van der Waals surface area (Å²) in [7, 11) is 1.99. The van der Waals surface area contributed by atoms with E-state index >= 15 is 0 Å². The summed E-state index contributed by atoms with van der Waals surface area (Å²) in [6, 6.07) is 20.7. The standard InChI is InChI=1S/C25H22NO/c1-4-17-9-10-26(3)23(12-17)20-15-25-21(11-16(20)2)22-13-18-7-5-6-8-19(18)14-24(22)27-25/h5-15H,4H2,1-3H3/q+1/i4D2. The highest BCUT2D eigenvalue weighted by molar-refractivity contribution is 6.10. The van der Waals surface area contributed by atoms with Crippen molar-refractivity contribution in [2.45, 2.75) is 20.2 Å². The van der Waals surface area contributed by atoms with Gasteiger partial charge in [-0.1, -0.05) is 31.2 Å². The molecule has 0 bridgehead atoms. The molecule has 0 N–H and O–H groups in total. The topological polar surface area (TPSA) is 17.0 Å². The van der Waals surface area contributed by atoms with Crippen molar-refractivity contribution < 1.29 is 11.7 Å². The maximum atomic E-state index is 8.07. The zero-order chi connectivity index (χ0) is 20.3. The smallest absolute Gasteiger partial charge is 0.212 e. The molecular weight excluding hydrogens is 330 g/mol. The van der Waals surface area contributed by atoms with Crippen molar-refractivity contribution >= 4 is 32.7 Å². The molecule has 27 heavy (non-hydrogen) atoms. The van der Waals surface area contributed by atoms with Gasteiger partial charge in [0.25, 0.3) is 0 Å². The number of fused-ring (bicyclic) bond motifs is 4. The average Bonchev–Trinajstić information content (AvgIpc) is 3.01. The summed E-state index contributed by atoms with van der Waals surface area (Å²) < 4.78 is 24.4. The summed E-state index contributed by atoms with van der Waals surface area (Å²) in [5.74, 6) is 0. The van der Waals surface area contributed by atoms with Crippen molar-refractivity contribution in [3.8, 4) is 11.3 Å². The first-order chi connectivity index (χ1) is 13.8. The van der Waals surface area contributed by atoms with Gasteiger partial charge in [0.1, 0.15) is 18.2 Å². The Morgan fingerprint density at radius 3 is 2.41 bits per heavy atom. The fourth-order valence-electron chi connectivity index (χ4n) is 3.88. The van der Waals surface area contributed by atoms with Crippen molar-refractivity contribution in [2.75, 3.05) is 0 Å². The van der Waals surface area contributed by atoms with Gasteiger partial charge in [0.15, 0.2) is 6.20 Å². The Morgan fingerprint density at radius 2 is 1.63 bits per heavy atom. The van der Waals surface area contributed by atoms with Crippen LogP contribution in [0.15, 0.2) is 71.3 Å². The molecule has 0 spiro atoms.